The van der Waals surface area contributed by atoms with Crippen molar-refractivity contribution in [3.05, 3.63) is 70.4 Å². The lowest BCUT2D eigenvalue weighted by Crippen LogP contribution is -2.30. The quantitative estimate of drug-likeness (QED) is 0.390. The molecule has 34 heavy (non-hydrogen) atoms. The van der Waals surface area contributed by atoms with Gasteiger partial charge >= 0.3 is 6.18 Å². The highest BCUT2D eigenvalue weighted by atomic mass is 35.5. The zero-order valence-electron chi connectivity index (χ0n) is 17.4. The van der Waals surface area contributed by atoms with E-state index in [1.54, 1.807) is 18.3 Å². The summed E-state index contributed by atoms with van der Waals surface area (Å²) in [4.78, 5) is 25.5. The van der Waals surface area contributed by atoms with Gasteiger partial charge in [-0.25, -0.2) is 14.4 Å². The van der Waals surface area contributed by atoms with Crippen molar-refractivity contribution in [2.45, 2.75) is 19.0 Å². The number of nitrogens with two attached hydrogens (primary N) is 1. The van der Waals surface area contributed by atoms with Crippen LogP contribution in [0.3, 0.4) is 0 Å². The molecule has 1 aliphatic rings. The Morgan fingerprint density at radius 1 is 1.18 bits per heavy atom. The van der Waals surface area contributed by atoms with Crippen molar-refractivity contribution in [2.24, 2.45) is 0 Å². The van der Waals surface area contributed by atoms with Gasteiger partial charge in [0, 0.05) is 29.6 Å². The average molecular weight is 490 g/mol. The Balaban J connectivity index is 1.47. The normalized spacial score (nSPS) is 13.5. The number of anilines is 2. The molecule has 174 valence electrons. The molecule has 5 rings (SSSR count). The minimum Gasteiger partial charge on any atom is -0.383 e. The maximum absolute atomic E-state index is 14.2. The van der Waals surface area contributed by atoms with Gasteiger partial charge in [-0.2, -0.15) is 13.2 Å². The third-order valence-electron chi connectivity index (χ3n) is 5.90. The summed E-state index contributed by atoms with van der Waals surface area (Å²) in [5, 5.41) is 1.04. The molecule has 4 aromatic rings. The van der Waals surface area contributed by atoms with E-state index in [0.29, 0.717) is 57.0 Å². The molecule has 0 fully saturated rings. The first kappa shape index (κ1) is 22.1. The molecule has 0 spiro atoms. The number of halogens is 5. The molecule has 1 amide bonds. The van der Waals surface area contributed by atoms with Crippen LogP contribution in [0, 0.1) is 5.82 Å². The number of rotatable bonds is 3. The van der Waals surface area contributed by atoms with E-state index in [4.69, 9.17) is 17.3 Å². The lowest BCUT2D eigenvalue weighted by Gasteiger charge is -2.19. The van der Waals surface area contributed by atoms with Gasteiger partial charge in [-0.3, -0.25) is 4.79 Å². The number of nitrogens with zero attached hydrogens (tertiary/aromatic N) is 3. The predicted octanol–water partition coefficient (Wildman–Crippen LogP) is 5.15. The number of nitrogens with one attached hydrogen (secondary N) is 1. The molecule has 0 saturated heterocycles. The van der Waals surface area contributed by atoms with Crippen LogP contribution in [0.25, 0.3) is 22.2 Å². The Bertz CT molecular complexity index is 1450. The fourth-order valence-corrected chi connectivity index (χ4v) is 4.61. The van der Waals surface area contributed by atoms with E-state index in [1.807, 2.05) is 0 Å². The Labute approximate surface area is 195 Å². The zero-order chi connectivity index (χ0) is 24.2. The van der Waals surface area contributed by atoms with Gasteiger partial charge < -0.3 is 15.6 Å². The van der Waals surface area contributed by atoms with Crippen molar-refractivity contribution in [1.29, 1.82) is 0 Å². The molecule has 0 bridgehead atoms. The van der Waals surface area contributed by atoms with Gasteiger partial charge in [0.1, 0.15) is 23.6 Å². The number of alkyl halides is 3. The monoisotopic (exact) mass is 489 g/mol. The van der Waals surface area contributed by atoms with E-state index >= 15 is 0 Å². The largest absolute Gasteiger partial charge is 0.416 e. The average Bonchev–Trinajstić information content (AvgIpc) is 3.40. The van der Waals surface area contributed by atoms with Crippen molar-refractivity contribution in [3.63, 3.8) is 0 Å². The molecule has 11 heteroatoms. The van der Waals surface area contributed by atoms with Gasteiger partial charge in [-0.05, 0) is 41.8 Å². The van der Waals surface area contributed by atoms with E-state index in [1.165, 1.54) is 11.2 Å². The van der Waals surface area contributed by atoms with Crippen LogP contribution in [-0.2, 0) is 23.8 Å². The standard InChI is InChI=1S/C23H16ClF4N5O/c24-20-13(15-9-30-22-19(15)21(29)31-10-32-22)2-4-17-14(20)5-6-33(17)18(34)8-11-7-12(23(26,27)28)1-3-16(11)25/h1-4,7,9-10H,5-6,8H2,(H3,29,30,31,32). The van der Waals surface area contributed by atoms with E-state index in [0.717, 1.165) is 6.07 Å². The number of amides is 1. The van der Waals surface area contributed by atoms with Gasteiger partial charge in [0.2, 0.25) is 5.91 Å². The van der Waals surface area contributed by atoms with Crippen LogP contribution in [0.5, 0.6) is 0 Å². The summed E-state index contributed by atoms with van der Waals surface area (Å²) in [5.74, 6) is -1.10. The summed E-state index contributed by atoms with van der Waals surface area (Å²) in [6.45, 7) is 0.275. The smallest absolute Gasteiger partial charge is 0.383 e. The van der Waals surface area contributed by atoms with E-state index in [2.05, 4.69) is 15.0 Å². The zero-order valence-corrected chi connectivity index (χ0v) is 18.1. The Morgan fingerprint density at radius 2 is 1.97 bits per heavy atom. The third kappa shape index (κ3) is 3.63. The maximum atomic E-state index is 14.2. The number of benzene rings is 2. The summed E-state index contributed by atoms with van der Waals surface area (Å²) in [6.07, 6.45) is -1.64. The molecule has 1 aliphatic heterocycles. The summed E-state index contributed by atoms with van der Waals surface area (Å²) in [7, 11) is 0. The van der Waals surface area contributed by atoms with Crippen LogP contribution in [0.4, 0.5) is 29.1 Å². The number of aromatic nitrogens is 3. The fourth-order valence-electron chi connectivity index (χ4n) is 4.26. The number of carbonyl (C=O) groups excluding carboxylic acids is 1. The number of fused-ring (bicyclic) bond motifs is 2. The molecule has 0 radical (unpaired) electrons. The first-order valence-corrected chi connectivity index (χ1v) is 10.6. The van der Waals surface area contributed by atoms with Crippen molar-refractivity contribution in [1.82, 2.24) is 15.0 Å². The van der Waals surface area contributed by atoms with Crippen molar-refractivity contribution < 1.29 is 22.4 Å². The van der Waals surface area contributed by atoms with Crippen LogP contribution in [0.15, 0.2) is 42.9 Å². The van der Waals surface area contributed by atoms with E-state index in [9.17, 15) is 22.4 Å². The highest BCUT2D eigenvalue weighted by Gasteiger charge is 2.32. The summed E-state index contributed by atoms with van der Waals surface area (Å²) in [5.41, 5.74) is 7.88. The van der Waals surface area contributed by atoms with Crippen molar-refractivity contribution in [2.75, 3.05) is 17.2 Å². The fraction of sp³-hybridized carbons (Fsp3) is 0.174. The van der Waals surface area contributed by atoms with Crippen LogP contribution >= 0.6 is 11.6 Å². The van der Waals surface area contributed by atoms with Gasteiger partial charge in [0.05, 0.1) is 22.4 Å². The second-order valence-electron chi connectivity index (χ2n) is 7.89. The van der Waals surface area contributed by atoms with E-state index in [-0.39, 0.29) is 17.9 Å². The molecule has 0 atom stereocenters. The molecule has 0 aliphatic carbocycles. The minimum atomic E-state index is -4.63. The van der Waals surface area contributed by atoms with Crippen LogP contribution in [0.2, 0.25) is 5.02 Å². The molecule has 6 nitrogen and oxygen atoms in total. The van der Waals surface area contributed by atoms with Gasteiger partial charge in [0.15, 0.2) is 0 Å². The highest BCUT2D eigenvalue weighted by Crippen LogP contribution is 2.42. The molecule has 0 saturated carbocycles. The lowest BCUT2D eigenvalue weighted by atomic mass is 10.0. The van der Waals surface area contributed by atoms with Gasteiger partial charge in [-0.1, -0.05) is 17.7 Å². The second-order valence-corrected chi connectivity index (χ2v) is 8.26. The molecular formula is C23H16ClF4N5O. The molecule has 2 aromatic carbocycles. The molecule has 0 unspecified atom stereocenters. The summed E-state index contributed by atoms with van der Waals surface area (Å²) in [6, 6.07) is 5.49. The van der Waals surface area contributed by atoms with Crippen LogP contribution in [-0.4, -0.2) is 27.4 Å². The SMILES string of the molecule is Nc1ncnc2[nH]cc(-c3ccc4c(c3Cl)CCN4C(=O)Cc3cc(C(F)(F)F)ccc3F)c12. The lowest BCUT2D eigenvalue weighted by molar-refractivity contribution is -0.137. The topological polar surface area (TPSA) is 87.9 Å². The predicted molar refractivity (Wildman–Crippen MR) is 120 cm³/mol. The molecular weight excluding hydrogens is 474 g/mol. The van der Waals surface area contributed by atoms with Crippen LogP contribution < -0.4 is 10.6 Å². The molecule has 3 N–H and O–H groups in total. The molecule has 2 aromatic heterocycles. The first-order valence-electron chi connectivity index (χ1n) is 10.2. The maximum Gasteiger partial charge on any atom is 0.416 e. The number of H-pyrrole nitrogens is 1. The number of hydrogen-bond donors (Lipinski definition) is 2. The number of hydrogen-bond acceptors (Lipinski definition) is 4. The van der Waals surface area contributed by atoms with Crippen molar-refractivity contribution in [3.8, 4) is 11.1 Å². The minimum absolute atomic E-state index is 0.275. The number of aromatic amines is 1. The van der Waals surface area contributed by atoms with Crippen molar-refractivity contribution >= 4 is 40.0 Å². The van der Waals surface area contributed by atoms with E-state index < -0.39 is 29.9 Å². The molecule has 3 heterocycles. The van der Waals surface area contributed by atoms with Gasteiger partial charge in [0.25, 0.3) is 0 Å². The second kappa shape index (κ2) is 7.98. The number of carbonyl (C=O) groups is 1. The van der Waals surface area contributed by atoms with Crippen LogP contribution in [0.1, 0.15) is 16.7 Å². The third-order valence-corrected chi connectivity index (χ3v) is 6.33. The number of nitrogen functional groups attached to an aromatic ring is 1. The van der Waals surface area contributed by atoms with Gasteiger partial charge in [-0.15, -0.1) is 0 Å². The summed E-state index contributed by atoms with van der Waals surface area (Å²) >= 11 is 6.71. The first-order chi connectivity index (χ1) is 16.1. The Morgan fingerprint density at radius 3 is 2.74 bits per heavy atom. The Kier molecular flexibility index (Phi) is 5.20. The highest BCUT2D eigenvalue weighted by molar-refractivity contribution is 6.35. The summed E-state index contributed by atoms with van der Waals surface area (Å²) < 4.78 is 53.2. The Hall–Kier alpha value is -3.66.